The van der Waals surface area contributed by atoms with Gasteiger partial charge in [0.1, 0.15) is 5.82 Å². The van der Waals surface area contributed by atoms with Crippen LogP contribution in [-0.4, -0.2) is 36.2 Å². The Kier molecular flexibility index (Phi) is 7.72. The smallest absolute Gasteiger partial charge is 0.224 e. The van der Waals surface area contributed by atoms with Gasteiger partial charge in [-0.3, -0.25) is 9.69 Å². The van der Waals surface area contributed by atoms with Crippen molar-refractivity contribution in [1.82, 2.24) is 10.2 Å². The van der Waals surface area contributed by atoms with Crippen LogP contribution >= 0.6 is 11.8 Å². The van der Waals surface area contributed by atoms with Crippen molar-refractivity contribution in [2.24, 2.45) is 5.92 Å². The van der Waals surface area contributed by atoms with Crippen LogP contribution < -0.4 is 5.32 Å². The Morgan fingerprint density at radius 1 is 1.11 bits per heavy atom. The average molecular weight is 387 g/mol. The van der Waals surface area contributed by atoms with Gasteiger partial charge in [0.15, 0.2) is 0 Å². The van der Waals surface area contributed by atoms with Crippen LogP contribution in [-0.2, 0) is 17.1 Å². The number of nitrogens with one attached hydrogen (secondary N) is 1. The summed E-state index contributed by atoms with van der Waals surface area (Å²) in [7, 11) is 0. The molecule has 0 aliphatic carbocycles. The standard InChI is InChI=1S/C22H27FN2OS/c23-21-10-8-18(9-11-21)15-25-13-4-7-20(16-25)22(26)24-12-14-27-17-19-5-2-1-3-6-19/h1-3,5-6,8-11,20H,4,7,12-17H2,(H,24,26)/t20-/m0/s1. The van der Waals surface area contributed by atoms with Gasteiger partial charge in [0, 0.05) is 31.1 Å². The number of carbonyl (C=O) groups excluding carboxylic acids is 1. The van der Waals surface area contributed by atoms with Crippen molar-refractivity contribution in [3.63, 3.8) is 0 Å². The van der Waals surface area contributed by atoms with Crippen molar-refractivity contribution in [3.8, 4) is 0 Å². The van der Waals surface area contributed by atoms with E-state index in [1.807, 2.05) is 30.0 Å². The third-order valence-electron chi connectivity index (χ3n) is 4.85. The van der Waals surface area contributed by atoms with Gasteiger partial charge in [0.25, 0.3) is 0 Å². The number of amides is 1. The Balaban J connectivity index is 1.36. The molecule has 0 aromatic heterocycles. The van der Waals surface area contributed by atoms with E-state index < -0.39 is 0 Å². The number of halogens is 1. The summed E-state index contributed by atoms with van der Waals surface area (Å²) in [5.41, 5.74) is 2.41. The number of rotatable bonds is 8. The van der Waals surface area contributed by atoms with Gasteiger partial charge in [-0.1, -0.05) is 42.5 Å². The second-order valence-corrected chi connectivity index (χ2v) is 8.14. The van der Waals surface area contributed by atoms with Crippen molar-refractivity contribution in [1.29, 1.82) is 0 Å². The maximum absolute atomic E-state index is 13.0. The maximum Gasteiger partial charge on any atom is 0.224 e. The van der Waals surface area contributed by atoms with Gasteiger partial charge in [0.05, 0.1) is 5.92 Å². The van der Waals surface area contributed by atoms with Gasteiger partial charge in [-0.25, -0.2) is 4.39 Å². The molecule has 1 N–H and O–H groups in total. The van der Waals surface area contributed by atoms with Gasteiger partial charge >= 0.3 is 0 Å². The molecule has 0 radical (unpaired) electrons. The summed E-state index contributed by atoms with van der Waals surface area (Å²) in [5, 5.41) is 3.09. The molecule has 5 heteroatoms. The molecule has 1 aliphatic heterocycles. The third kappa shape index (κ3) is 6.67. The number of likely N-dealkylation sites (tertiary alicyclic amines) is 1. The van der Waals surface area contributed by atoms with E-state index in [2.05, 4.69) is 34.5 Å². The number of hydrogen-bond acceptors (Lipinski definition) is 3. The summed E-state index contributed by atoms with van der Waals surface area (Å²) in [5.74, 6) is 1.91. The fourth-order valence-corrected chi connectivity index (χ4v) is 4.24. The molecule has 2 aromatic rings. The largest absolute Gasteiger partial charge is 0.355 e. The molecule has 144 valence electrons. The van der Waals surface area contributed by atoms with Crippen molar-refractivity contribution < 1.29 is 9.18 Å². The second-order valence-electron chi connectivity index (χ2n) is 7.03. The first-order valence-corrected chi connectivity index (χ1v) is 10.7. The van der Waals surface area contributed by atoms with Crippen LogP contribution in [0.2, 0.25) is 0 Å². The molecule has 0 bridgehead atoms. The Morgan fingerprint density at radius 2 is 1.89 bits per heavy atom. The van der Waals surface area contributed by atoms with Crippen molar-refractivity contribution in [2.75, 3.05) is 25.4 Å². The number of thioether (sulfide) groups is 1. The highest BCUT2D eigenvalue weighted by atomic mass is 32.2. The fourth-order valence-electron chi connectivity index (χ4n) is 3.42. The number of nitrogens with zero attached hydrogens (tertiary/aromatic N) is 1. The molecule has 1 atom stereocenters. The Hall–Kier alpha value is -1.85. The predicted octanol–water partition coefficient (Wildman–Crippen LogP) is 4.09. The lowest BCUT2D eigenvalue weighted by Gasteiger charge is -2.32. The van der Waals surface area contributed by atoms with Crippen LogP contribution in [0.15, 0.2) is 54.6 Å². The van der Waals surface area contributed by atoms with Crippen molar-refractivity contribution in [3.05, 3.63) is 71.5 Å². The topological polar surface area (TPSA) is 32.3 Å². The van der Waals surface area contributed by atoms with Gasteiger partial charge in [0.2, 0.25) is 5.91 Å². The molecule has 1 heterocycles. The third-order valence-corrected chi connectivity index (χ3v) is 5.88. The lowest BCUT2D eigenvalue weighted by Crippen LogP contribution is -2.43. The minimum atomic E-state index is -0.209. The molecule has 0 unspecified atom stereocenters. The minimum Gasteiger partial charge on any atom is -0.355 e. The number of benzene rings is 2. The normalized spacial score (nSPS) is 17.6. The Morgan fingerprint density at radius 3 is 2.67 bits per heavy atom. The molecule has 0 saturated carbocycles. The van der Waals surface area contributed by atoms with E-state index in [0.29, 0.717) is 6.54 Å². The predicted molar refractivity (Wildman–Crippen MR) is 110 cm³/mol. The Bertz CT molecular complexity index is 708. The number of piperidine rings is 1. The van der Waals surface area contributed by atoms with Crippen LogP contribution in [0.1, 0.15) is 24.0 Å². The highest BCUT2D eigenvalue weighted by Gasteiger charge is 2.25. The van der Waals surface area contributed by atoms with Crippen LogP contribution in [0.25, 0.3) is 0 Å². The van der Waals surface area contributed by atoms with Gasteiger partial charge in [-0.15, -0.1) is 0 Å². The summed E-state index contributed by atoms with van der Waals surface area (Å²) in [6, 6.07) is 17.0. The summed E-state index contributed by atoms with van der Waals surface area (Å²) in [6.45, 7) is 3.26. The molecular weight excluding hydrogens is 359 g/mol. The summed E-state index contributed by atoms with van der Waals surface area (Å²) in [4.78, 5) is 14.8. The average Bonchev–Trinajstić information content (AvgIpc) is 2.70. The highest BCUT2D eigenvalue weighted by Crippen LogP contribution is 2.19. The first-order chi connectivity index (χ1) is 13.2. The van der Waals surface area contributed by atoms with Crippen LogP contribution in [0.5, 0.6) is 0 Å². The van der Waals surface area contributed by atoms with Crippen molar-refractivity contribution >= 4 is 17.7 Å². The number of carbonyl (C=O) groups is 1. The minimum absolute atomic E-state index is 0.0540. The second kappa shape index (κ2) is 10.5. The van der Waals surface area contributed by atoms with E-state index in [-0.39, 0.29) is 17.6 Å². The quantitative estimate of drug-likeness (QED) is 0.694. The Labute approximate surface area is 165 Å². The zero-order chi connectivity index (χ0) is 18.9. The molecule has 1 saturated heterocycles. The fraction of sp³-hybridized carbons (Fsp3) is 0.409. The van der Waals surface area contributed by atoms with Crippen LogP contribution in [0, 0.1) is 11.7 Å². The maximum atomic E-state index is 13.0. The molecule has 27 heavy (non-hydrogen) atoms. The SMILES string of the molecule is O=C(NCCSCc1ccccc1)[C@H]1CCCN(Cc2ccc(F)cc2)C1. The lowest BCUT2D eigenvalue weighted by atomic mass is 9.96. The van der Waals surface area contributed by atoms with E-state index in [0.717, 1.165) is 49.5 Å². The molecule has 3 rings (SSSR count). The molecule has 1 aliphatic rings. The number of hydrogen-bond donors (Lipinski definition) is 1. The van der Waals surface area contributed by atoms with Crippen LogP contribution in [0.4, 0.5) is 4.39 Å². The van der Waals surface area contributed by atoms with E-state index in [1.54, 1.807) is 0 Å². The zero-order valence-electron chi connectivity index (χ0n) is 15.6. The van der Waals surface area contributed by atoms with Crippen LogP contribution in [0.3, 0.4) is 0 Å². The molecule has 3 nitrogen and oxygen atoms in total. The molecular formula is C22H27FN2OS. The highest BCUT2D eigenvalue weighted by molar-refractivity contribution is 7.98. The first-order valence-electron chi connectivity index (χ1n) is 9.57. The van der Waals surface area contributed by atoms with Gasteiger partial charge < -0.3 is 5.32 Å². The summed E-state index contributed by atoms with van der Waals surface area (Å²) < 4.78 is 13.0. The monoisotopic (exact) mass is 386 g/mol. The molecule has 1 fully saturated rings. The molecule has 1 amide bonds. The van der Waals surface area contributed by atoms with Crippen molar-refractivity contribution in [2.45, 2.75) is 25.1 Å². The molecule has 0 spiro atoms. The lowest BCUT2D eigenvalue weighted by molar-refractivity contribution is -0.126. The van der Waals surface area contributed by atoms with E-state index >= 15 is 0 Å². The van der Waals surface area contributed by atoms with Gasteiger partial charge in [-0.05, 0) is 42.6 Å². The first kappa shape index (κ1) is 19.9. The van der Waals surface area contributed by atoms with E-state index in [1.165, 1.54) is 17.7 Å². The van der Waals surface area contributed by atoms with Gasteiger partial charge in [-0.2, -0.15) is 11.8 Å². The van der Waals surface area contributed by atoms with E-state index in [9.17, 15) is 9.18 Å². The zero-order valence-corrected chi connectivity index (χ0v) is 16.4. The van der Waals surface area contributed by atoms with E-state index in [4.69, 9.17) is 0 Å². The summed E-state index contributed by atoms with van der Waals surface area (Å²) >= 11 is 1.84. The summed E-state index contributed by atoms with van der Waals surface area (Å²) in [6.07, 6.45) is 1.98. The molecule has 2 aromatic carbocycles.